The summed E-state index contributed by atoms with van der Waals surface area (Å²) in [7, 11) is 0. The lowest BCUT2D eigenvalue weighted by atomic mass is 9.84. The number of benzene rings is 3. The zero-order chi connectivity index (χ0) is 25.5. The molecule has 0 spiro atoms. The van der Waals surface area contributed by atoms with Crippen LogP contribution in [0, 0.1) is 5.41 Å². The predicted molar refractivity (Wildman–Crippen MR) is 150 cm³/mol. The van der Waals surface area contributed by atoms with Crippen LogP contribution < -0.4 is 9.47 Å². The van der Waals surface area contributed by atoms with Crippen LogP contribution >= 0.6 is 0 Å². The normalized spacial score (nSPS) is 16.6. The highest BCUT2D eigenvalue weighted by Crippen LogP contribution is 2.33. The van der Waals surface area contributed by atoms with Crippen molar-refractivity contribution < 1.29 is 14.2 Å². The van der Waals surface area contributed by atoms with Crippen molar-refractivity contribution in [2.45, 2.75) is 91.3 Å². The molecule has 0 aromatic heterocycles. The van der Waals surface area contributed by atoms with E-state index in [0.717, 1.165) is 23.8 Å². The summed E-state index contributed by atoms with van der Waals surface area (Å²) in [5, 5.41) is 2.43. The van der Waals surface area contributed by atoms with Gasteiger partial charge in [0.2, 0.25) is 6.29 Å². The maximum atomic E-state index is 6.34. The molecule has 3 heteroatoms. The molecule has 0 aliphatic heterocycles. The minimum Gasteiger partial charge on any atom is -0.491 e. The van der Waals surface area contributed by atoms with E-state index in [9.17, 15) is 0 Å². The van der Waals surface area contributed by atoms with Gasteiger partial charge in [-0.2, -0.15) is 0 Å². The van der Waals surface area contributed by atoms with Crippen LogP contribution in [0.4, 0.5) is 0 Å². The van der Waals surface area contributed by atoms with Gasteiger partial charge in [0.1, 0.15) is 18.1 Å². The Hall–Kier alpha value is -2.52. The van der Waals surface area contributed by atoms with Crippen molar-refractivity contribution in [1.82, 2.24) is 0 Å². The van der Waals surface area contributed by atoms with Crippen LogP contribution in [-0.2, 0) is 4.74 Å². The molecule has 1 aliphatic carbocycles. The first kappa shape index (κ1) is 26.5. The number of hydrogen-bond donors (Lipinski definition) is 0. The smallest absolute Gasteiger partial charge is 0.204 e. The van der Waals surface area contributed by atoms with Crippen molar-refractivity contribution in [3.63, 3.8) is 0 Å². The van der Waals surface area contributed by atoms with Crippen molar-refractivity contribution in [2.75, 3.05) is 13.2 Å². The molecule has 0 saturated heterocycles. The molecule has 3 aromatic rings. The van der Waals surface area contributed by atoms with E-state index in [1.165, 1.54) is 54.0 Å². The Morgan fingerprint density at radius 2 is 1.47 bits per heavy atom. The lowest BCUT2D eigenvalue weighted by Crippen LogP contribution is -2.36. The standard InChI is InChI=1S/C33H44O3/c1-6-24(2)27-12-13-29-23-31(19-16-28(29)22-27)36-32(33(3,4)5)35-21-20-34-30-17-14-26(15-18-30)25-10-8-7-9-11-25/h12-19,22-25,32H,6-11,20-21H2,1-5H3. The summed E-state index contributed by atoms with van der Waals surface area (Å²) < 4.78 is 18.5. The minimum atomic E-state index is -0.369. The van der Waals surface area contributed by atoms with Crippen LogP contribution in [-0.4, -0.2) is 19.5 Å². The van der Waals surface area contributed by atoms with Crippen molar-refractivity contribution in [1.29, 1.82) is 0 Å². The first-order valence-electron chi connectivity index (χ1n) is 13.9. The van der Waals surface area contributed by atoms with Gasteiger partial charge in [0.25, 0.3) is 0 Å². The second-order valence-corrected chi connectivity index (χ2v) is 11.5. The molecule has 0 amide bonds. The molecule has 1 saturated carbocycles. The quantitative estimate of drug-likeness (QED) is 0.210. The topological polar surface area (TPSA) is 27.7 Å². The van der Waals surface area contributed by atoms with E-state index in [1.807, 2.05) is 0 Å². The molecule has 0 N–H and O–H groups in total. The van der Waals surface area contributed by atoms with E-state index < -0.39 is 0 Å². The maximum absolute atomic E-state index is 6.34. The van der Waals surface area contributed by atoms with Gasteiger partial charge in [-0.05, 0) is 77.3 Å². The van der Waals surface area contributed by atoms with E-state index in [4.69, 9.17) is 14.2 Å². The molecule has 36 heavy (non-hydrogen) atoms. The summed E-state index contributed by atoms with van der Waals surface area (Å²) in [5.74, 6) is 3.02. The van der Waals surface area contributed by atoms with Gasteiger partial charge in [0.05, 0.1) is 6.61 Å². The Kier molecular flexibility index (Phi) is 8.95. The molecule has 194 valence electrons. The van der Waals surface area contributed by atoms with Gasteiger partial charge < -0.3 is 14.2 Å². The molecule has 3 aromatic carbocycles. The van der Waals surface area contributed by atoms with Crippen LogP contribution in [0.15, 0.2) is 60.7 Å². The van der Waals surface area contributed by atoms with Gasteiger partial charge in [0, 0.05) is 5.41 Å². The lowest BCUT2D eigenvalue weighted by molar-refractivity contribution is -0.145. The molecule has 2 atom stereocenters. The monoisotopic (exact) mass is 488 g/mol. The third-order valence-corrected chi connectivity index (χ3v) is 7.55. The van der Waals surface area contributed by atoms with Crippen LogP contribution in [0.5, 0.6) is 11.5 Å². The van der Waals surface area contributed by atoms with E-state index in [0.29, 0.717) is 19.1 Å². The summed E-state index contributed by atoms with van der Waals surface area (Å²) in [6.07, 6.45) is 7.51. The van der Waals surface area contributed by atoms with Crippen LogP contribution in [0.1, 0.15) is 96.1 Å². The Morgan fingerprint density at radius 3 is 2.17 bits per heavy atom. The molecule has 0 bridgehead atoms. The van der Waals surface area contributed by atoms with Gasteiger partial charge >= 0.3 is 0 Å². The van der Waals surface area contributed by atoms with Gasteiger partial charge in [-0.1, -0.05) is 90.3 Å². The maximum Gasteiger partial charge on any atom is 0.204 e. The summed E-state index contributed by atoms with van der Waals surface area (Å²) in [6.45, 7) is 11.9. The molecule has 1 fully saturated rings. The third kappa shape index (κ3) is 7.03. The fourth-order valence-corrected chi connectivity index (χ4v) is 5.03. The van der Waals surface area contributed by atoms with E-state index in [2.05, 4.69) is 95.3 Å². The van der Waals surface area contributed by atoms with Crippen LogP contribution in [0.2, 0.25) is 0 Å². The zero-order valence-electron chi connectivity index (χ0n) is 22.9. The fraction of sp³-hybridized carbons (Fsp3) is 0.515. The number of ether oxygens (including phenoxy) is 3. The highest BCUT2D eigenvalue weighted by atomic mass is 16.7. The Balaban J connectivity index is 1.31. The van der Waals surface area contributed by atoms with Crippen molar-refractivity contribution in [2.24, 2.45) is 5.41 Å². The highest BCUT2D eigenvalue weighted by molar-refractivity contribution is 5.84. The first-order valence-corrected chi connectivity index (χ1v) is 13.9. The van der Waals surface area contributed by atoms with Crippen LogP contribution in [0.25, 0.3) is 10.8 Å². The van der Waals surface area contributed by atoms with E-state index in [-0.39, 0.29) is 11.7 Å². The van der Waals surface area contributed by atoms with Gasteiger partial charge in [0.15, 0.2) is 0 Å². The van der Waals surface area contributed by atoms with Crippen molar-refractivity contribution in [3.8, 4) is 11.5 Å². The van der Waals surface area contributed by atoms with Gasteiger partial charge in [-0.25, -0.2) is 0 Å². The Bertz CT molecular complexity index is 1090. The molecule has 0 heterocycles. The summed E-state index contributed by atoms with van der Waals surface area (Å²) >= 11 is 0. The largest absolute Gasteiger partial charge is 0.491 e. The summed E-state index contributed by atoms with van der Waals surface area (Å²) in [5.41, 5.74) is 2.67. The molecule has 3 nitrogen and oxygen atoms in total. The summed E-state index contributed by atoms with van der Waals surface area (Å²) in [4.78, 5) is 0. The van der Waals surface area contributed by atoms with Crippen molar-refractivity contribution >= 4 is 10.8 Å². The first-order chi connectivity index (χ1) is 17.3. The molecular formula is C33H44O3. The third-order valence-electron chi connectivity index (χ3n) is 7.55. The molecule has 1 aliphatic rings. The lowest BCUT2D eigenvalue weighted by Gasteiger charge is -2.31. The molecule has 2 unspecified atom stereocenters. The second kappa shape index (κ2) is 12.1. The van der Waals surface area contributed by atoms with Gasteiger partial charge in [-0.15, -0.1) is 0 Å². The number of hydrogen-bond acceptors (Lipinski definition) is 3. The van der Waals surface area contributed by atoms with E-state index in [1.54, 1.807) is 0 Å². The minimum absolute atomic E-state index is 0.170. The Morgan fingerprint density at radius 1 is 0.806 bits per heavy atom. The fourth-order valence-electron chi connectivity index (χ4n) is 5.03. The highest BCUT2D eigenvalue weighted by Gasteiger charge is 2.27. The number of rotatable bonds is 10. The second-order valence-electron chi connectivity index (χ2n) is 11.5. The van der Waals surface area contributed by atoms with Crippen LogP contribution in [0.3, 0.4) is 0 Å². The van der Waals surface area contributed by atoms with Crippen molar-refractivity contribution in [3.05, 3.63) is 71.8 Å². The SMILES string of the molecule is CCC(C)c1ccc2cc(OC(OCCOc3ccc(C4CCCCC4)cc3)C(C)(C)C)ccc2c1. The predicted octanol–water partition coefficient (Wildman–Crippen LogP) is 9.25. The van der Waals surface area contributed by atoms with Gasteiger partial charge in [-0.3, -0.25) is 0 Å². The Labute approximate surface area is 218 Å². The average molecular weight is 489 g/mol. The summed E-state index contributed by atoms with van der Waals surface area (Å²) in [6, 6.07) is 21.7. The molecular weight excluding hydrogens is 444 g/mol. The van der Waals surface area contributed by atoms with E-state index >= 15 is 0 Å². The molecule has 0 radical (unpaired) electrons. The average Bonchev–Trinajstić information content (AvgIpc) is 2.89. The number of fused-ring (bicyclic) bond motifs is 1. The zero-order valence-corrected chi connectivity index (χ0v) is 22.9. The molecule has 4 rings (SSSR count).